The first-order chi connectivity index (χ1) is 8.56. The first-order valence-electron chi connectivity index (χ1n) is 5.79. The summed E-state index contributed by atoms with van der Waals surface area (Å²) in [6, 6.07) is 6.93. The molecule has 2 N–H and O–H groups in total. The Hall–Kier alpha value is -1.57. The van der Waals surface area contributed by atoms with E-state index in [0.29, 0.717) is 22.7 Å². The molecule has 1 unspecified atom stereocenters. The van der Waals surface area contributed by atoms with Crippen LogP contribution in [0.1, 0.15) is 25.8 Å². The average molecular weight is 266 g/mol. The van der Waals surface area contributed by atoms with Gasteiger partial charge in [-0.05, 0) is 31.7 Å². The summed E-state index contributed by atoms with van der Waals surface area (Å²) in [5.74, 6) is -0.0794. The summed E-state index contributed by atoms with van der Waals surface area (Å²) in [6.45, 7) is 4.78. The number of amides is 1. The standard InChI is InChI=1S/C13H16ClN3O/c1-3-16-9(2)6-13(18)17-11-5-4-10(8-15)12(14)7-11/h4-5,7,9,16H,3,6H2,1-2H3,(H,17,18). The van der Waals surface area contributed by atoms with E-state index in [4.69, 9.17) is 16.9 Å². The van der Waals surface area contributed by atoms with Crippen LogP contribution in [0.15, 0.2) is 18.2 Å². The molecule has 1 atom stereocenters. The predicted octanol–water partition coefficient (Wildman–Crippen LogP) is 2.54. The molecule has 5 heteroatoms. The van der Waals surface area contributed by atoms with Crippen molar-refractivity contribution in [2.24, 2.45) is 0 Å². The largest absolute Gasteiger partial charge is 0.326 e. The molecular weight excluding hydrogens is 250 g/mol. The van der Waals surface area contributed by atoms with Crippen LogP contribution in [0.3, 0.4) is 0 Å². The second-order valence-corrected chi connectivity index (χ2v) is 4.42. The predicted molar refractivity (Wildman–Crippen MR) is 72.6 cm³/mol. The molecule has 0 spiro atoms. The third kappa shape index (κ3) is 4.36. The van der Waals surface area contributed by atoms with Crippen LogP contribution in [0, 0.1) is 11.3 Å². The number of benzene rings is 1. The van der Waals surface area contributed by atoms with E-state index in [1.165, 1.54) is 0 Å². The number of nitriles is 1. The highest BCUT2D eigenvalue weighted by Gasteiger charge is 2.09. The van der Waals surface area contributed by atoms with Crippen LogP contribution < -0.4 is 10.6 Å². The lowest BCUT2D eigenvalue weighted by Gasteiger charge is -2.12. The number of halogens is 1. The number of nitrogens with zero attached hydrogens (tertiary/aromatic N) is 1. The maximum atomic E-state index is 11.7. The monoisotopic (exact) mass is 265 g/mol. The average Bonchev–Trinajstić information content (AvgIpc) is 2.29. The van der Waals surface area contributed by atoms with Crippen molar-refractivity contribution in [1.82, 2.24) is 5.32 Å². The summed E-state index contributed by atoms with van der Waals surface area (Å²) in [4.78, 5) is 11.7. The number of nitrogens with one attached hydrogen (secondary N) is 2. The summed E-state index contributed by atoms with van der Waals surface area (Å²) in [5, 5.41) is 15.0. The van der Waals surface area contributed by atoms with Gasteiger partial charge in [-0.25, -0.2) is 0 Å². The smallest absolute Gasteiger partial charge is 0.225 e. The van der Waals surface area contributed by atoms with Crippen molar-refractivity contribution < 1.29 is 4.79 Å². The topological polar surface area (TPSA) is 64.9 Å². The number of carbonyl (C=O) groups excluding carboxylic acids is 1. The molecule has 0 aliphatic rings. The maximum absolute atomic E-state index is 11.7. The van der Waals surface area contributed by atoms with E-state index in [9.17, 15) is 4.79 Å². The summed E-state index contributed by atoms with van der Waals surface area (Å²) >= 11 is 5.88. The second kappa shape index (κ2) is 7.00. The van der Waals surface area contributed by atoms with E-state index in [-0.39, 0.29) is 11.9 Å². The van der Waals surface area contributed by atoms with Crippen LogP contribution in [0.2, 0.25) is 5.02 Å². The van der Waals surface area contributed by atoms with E-state index in [1.807, 2.05) is 19.9 Å². The molecule has 0 bridgehead atoms. The molecule has 1 rings (SSSR count). The molecule has 96 valence electrons. The van der Waals surface area contributed by atoms with Gasteiger partial charge in [0.25, 0.3) is 0 Å². The number of rotatable bonds is 5. The minimum absolute atomic E-state index is 0.0794. The molecule has 1 aromatic rings. The minimum Gasteiger partial charge on any atom is -0.326 e. The quantitative estimate of drug-likeness (QED) is 0.860. The van der Waals surface area contributed by atoms with Crippen LogP contribution in [0.5, 0.6) is 0 Å². The summed E-state index contributed by atoms with van der Waals surface area (Å²) in [6.07, 6.45) is 0.394. The summed E-state index contributed by atoms with van der Waals surface area (Å²) < 4.78 is 0. The molecule has 0 aliphatic carbocycles. The van der Waals surface area contributed by atoms with Gasteiger partial charge in [-0.3, -0.25) is 4.79 Å². The zero-order valence-corrected chi connectivity index (χ0v) is 11.2. The van der Waals surface area contributed by atoms with Crippen LogP contribution in [0.25, 0.3) is 0 Å². The lowest BCUT2D eigenvalue weighted by atomic mass is 10.2. The van der Waals surface area contributed by atoms with Gasteiger partial charge >= 0.3 is 0 Å². The molecule has 1 aromatic carbocycles. The summed E-state index contributed by atoms with van der Waals surface area (Å²) in [7, 11) is 0. The first kappa shape index (κ1) is 14.5. The van der Waals surface area contributed by atoms with E-state index in [0.717, 1.165) is 6.54 Å². The molecule has 0 saturated heterocycles. The Morgan fingerprint density at radius 2 is 2.28 bits per heavy atom. The van der Waals surface area contributed by atoms with E-state index >= 15 is 0 Å². The van der Waals surface area contributed by atoms with Crippen molar-refractivity contribution >= 4 is 23.2 Å². The number of hydrogen-bond acceptors (Lipinski definition) is 3. The van der Waals surface area contributed by atoms with Crippen molar-refractivity contribution in [1.29, 1.82) is 5.26 Å². The van der Waals surface area contributed by atoms with Gasteiger partial charge in [-0.1, -0.05) is 18.5 Å². The molecular formula is C13H16ClN3O. The van der Waals surface area contributed by atoms with Crippen LogP contribution in [0.4, 0.5) is 5.69 Å². The molecule has 0 radical (unpaired) electrons. The van der Waals surface area contributed by atoms with Crippen molar-refractivity contribution in [3.8, 4) is 6.07 Å². The lowest BCUT2D eigenvalue weighted by molar-refractivity contribution is -0.116. The van der Waals surface area contributed by atoms with Gasteiger partial charge in [0.1, 0.15) is 6.07 Å². The lowest BCUT2D eigenvalue weighted by Crippen LogP contribution is -2.30. The fraction of sp³-hybridized carbons (Fsp3) is 0.385. The van der Waals surface area contributed by atoms with Crippen LogP contribution in [-0.2, 0) is 4.79 Å². The second-order valence-electron chi connectivity index (χ2n) is 4.02. The van der Waals surface area contributed by atoms with Crippen LogP contribution in [-0.4, -0.2) is 18.5 Å². The Morgan fingerprint density at radius 1 is 1.56 bits per heavy atom. The van der Waals surface area contributed by atoms with E-state index in [2.05, 4.69) is 10.6 Å². The Kier molecular flexibility index (Phi) is 5.63. The maximum Gasteiger partial charge on any atom is 0.225 e. The number of anilines is 1. The Bertz CT molecular complexity index is 468. The normalized spacial score (nSPS) is 11.7. The molecule has 0 saturated carbocycles. The summed E-state index contributed by atoms with van der Waals surface area (Å²) in [5.41, 5.74) is 1.00. The fourth-order valence-corrected chi connectivity index (χ4v) is 1.82. The van der Waals surface area contributed by atoms with Crippen LogP contribution >= 0.6 is 11.6 Å². The van der Waals surface area contributed by atoms with Gasteiger partial charge in [0.15, 0.2) is 0 Å². The fourth-order valence-electron chi connectivity index (χ4n) is 1.59. The molecule has 1 amide bonds. The van der Waals surface area contributed by atoms with Gasteiger partial charge in [-0.15, -0.1) is 0 Å². The number of carbonyl (C=O) groups is 1. The van der Waals surface area contributed by atoms with E-state index < -0.39 is 0 Å². The van der Waals surface area contributed by atoms with E-state index in [1.54, 1.807) is 18.2 Å². The molecule has 0 aliphatic heterocycles. The zero-order valence-electron chi connectivity index (χ0n) is 10.5. The van der Waals surface area contributed by atoms with Crippen molar-refractivity contribution in [2.45, 2.75) is 26.3 Å². The van der Waals surface area contributed by atoms with Gasteiger partial charge in [0.05, 0.1) is 10.6 Å². The molecule has 0 aromatic heterocycles. The van der Waals surface area contributed by atoms with Gasteiger partial charge in [0, 0.05) is 18.2 Å². The molecule has 4 nitrogen and oxygen atoms in total. The minimum atomic E-state index is -0.0794. The molecule has 18 heavy (non-hydrogen) atoms. The first-order valence-corrected chi connectivity index (χ1v) is 6.17. The highest BCUT2D eigenvalue weighted by Crippen LogP contribution is 2.20. The van der Waals surface area contributed by atoms with Crippen molar-refractivity contribution in [3.63, 3.8) is 0 Å². The zero-order chi connectivity index (χ0) is 13.5. The Morgan fingerprint density at radius 3 is 2.83 bits per heavy atom. The molecule has 0 fully saturated rings. The number of hydrogen-bond donors (Lipinski definition) is 2. The highest BCUT2D eigenvalue weighted by molar-refractivity contribution is 6.32. The highest BCUT2D eigenvalue weighted by atomic mass is 35.5. The van der Waals surface area contributed by atoms with Crippen molar-refractivity contribution in [3.05, 3.63) is 28.8 Å². The Balaban J connectivity index is 2.60. The third-order valence-electron chi connectivity index (χ3n) is 2.42. The van der Waals surface area contributed by atoms with Gasteiger partial charge in [0.2, 0.25) is 5.91 Å². The SMILES string of the molecule is CCNC(C)CC(=O)Nc1ccc(C#N)c(Cl)c1. The van der Waals surface area contributed by atoms with Gasteiger partial charge < -0.3 is 10.6 Å². The molecule has 0 heterocycles. The van der Waals surface area contributed by atoms with Gasteiger partial charge in [-0.2, -0.15) is 5.26 Å². The Labute approximate surface area is 112 Å². The third-order valence-corrected chi connectivity index (χ3v) is 2.73. The van der Waals surface area contributed by atoms with Crippen molar-refractivity contribution in [2.75, 3.05) is 11.9 Å².